The fourth-order valence-electron chi connectivity index (χ4n) is 1.19. The second-order valence-electron chi connectivity index (χ2n) is 3.20. The Hall–Kier alpha value is -1.76. The number of nitrogen functional groups attached to an aromatic ring is 1. The average Bonchev–Trinajstić information content (AvgIpc) is 2.29. The van der Waals surface area contributed by atoms with E-state index in [9.17, 15) is 8.78 Å². The van der Waals surface area contributed by atoms with Crippen molar-refractivity contribution in [2.45, 2.75) is 0 Å². The third-order valence-electron chi connectivity index (χ3n) is 2.00. The van der Waals surface area contributed by atoms with Gasteiger partial charge in [-0.25, -0.2) is 18.7 Å². The van der Waals surface area contributed by atoms with Crippen LogP contribution >= 0.6 is 15.9 Å². The molecule has 88 valence electrons. The van der Waals surface area contributed by atoms with Crippen molar-refractivity contribution in [1.29, 1.82) is 0 Å². The Bertz CT molecular complexity index is 562. The highest BCUT2D eigenvalue weighted by Gasteiger charge is 2.10. The van der Waals surface area contributed by atoms with E-state index in [-0.39, 0.29) is 21.7 Å². The summed E-state index contributed by atoms with van der Waals surface area (Å²) >= 11 is 2.89. The van der Waals surface area contributed by atoms with E-state index in [4.69, 9.17) is 5.73 Å². The van der Waals surface area contributed by atoms with E-state index >= 15 is 0 Å². The van der Waals surface area contributed by atoms with Gasteiger partial charge >= 0.3 is 0 Å². The third-order valence-corrected chi connectivity index (χ3v) is 2.61. The highest BCUT2D eigenvalue weighted by molar-refractivity contribution is 9.10. The van der Waals surface area contributed by atoms with Crippen LogP contribution in [0.15, 0.2) is 29.1 Å². The molecule has 0 aliphatic rings. The van der Waals surface area contributed by atoms with Crippen molar-refractivity contribution in [3.05, 3.63) is 40.8 Å². The molecule has 3 N–H and O–H groups in total. The van der Waals surface area contributed by atoms with Crippen LogP contribution in [0.4, 0.5) is 26.0 Å². The molecule has 0 spiro atoms. The van der Waals surface area contributed by atoms with Gasteiger partial charge in [0.2, 0.25) is 0 Å². The molecule has 0 amide bonds. The summed E-state index contributed by atoms with van der Waals surface area (Å²) in [5, 5.41) is 2.60. The minimum Gasteiger partial charge on any atom is -0.394 e. The van der Waals surface area contributed by atoms with E-state index in [1.54, 1.807) is 0 Å². The van der Waals surface area contributed by atoms with Gasteiger partial charge in [-0.2, -0.15) is 0 Å². The van der Waals surface area contributed by atoms with Gasteiger partial charge in [0.25, 0.3) is 0 Å². The number of halogens is 3. The first-order chi connectivity index (χ1) is 8.08. The van der Waals surface area contributed by atoms with E-state index in [0.717, 1.165) is 12.1 Å². The number of rotatable bonds is 2. The predicted octanol–water partition coefficient (Wildman–Crippen LogP) is 2.84. The third kappa shape index (κ3) is 2.50. The molecule has 1 aromatic heterocycles. The number of nitrogens with one attached hydrogen (secondary N) is 1. The van der Waals surface area contributed by atoms with Crippen molar-refractivity contribution in [3.8, 4) is 0 Å². The SMILES string of the molecule is Nc1cncnc1Nc1cc(F)c(Br)cc1F. The molecule has 0 saturated heterocycles. The van der Waals surface area contributed by atoms with Gasteiger partial charge in [0.1, 0.15) is 18.0 Å². The Morgan fingerprint density at radius 3 is 2.71 bits per heavy atom. The number of nitrogens with two attached hydrogens (primary N) is 1. The second kappa shape index (κ2) is 4.62. The largest absolute Gasteiger partial charge is 0.394 e. The lowest BCUT2D eigenvalue weighted by atomic mass is 10.3. The summed E-state index contributed by atoms with van der Waals surface area (Å²) in [6.45, 7) is 0. The molecule has 17 heavy (non-hydrogen) atoms. The number of aromatic nitrogens is 2. The monoisotopic (exact) mass is 300 g/mol. The summed E-state index contributed by atoms with van der Waals surface area (Å²) in [5.41, 5.74) is 5.77. The number of hydrogen-bond acceptors (Lipinski definition) is 4. The Morgan fingerprint density at radius 2 is 2.00 bits per heavy atom. The summed E-state index contributed by atoms with van der Waals surface area (Å²) in [4.78, 5) is 7.51. The number of anilines is 3. The molecule has 0 saturated carbocycles. The van der Waals surface area contributed by atoms with Gasteiger partial charge in [-0.15, -0.1) is 0 Å². The van der Waals surface area contributed by atoms with Gasteiger partial charge < -0.3 is 11.1 Å². The minimum atomic E-state index is -0.615. The van der Waals surface area contributed by atoms with Crippen molar-refractivity contribution < 1.29 is 8.78 Å². The van der Waals surface area contributed by atoms with E-state index in [1.807, 2.05) is 0 Å². The quantitative estimate of drug-likeness (QED) is 0.837. The van der Waals surface area contributed by atoms with Crippen LogP contribution in [0, 0.1) is 11.6 Å². The first-order valence-electron chi connectivity index (χ1n) is 4.55. The highest BCUT2D eigenvalue weighted by atomic mass is 79.9. The molecule has 2 aromatic rings. The van der Waals surface area contributed by atoms with Gasteiger partial charge in [-0.05, 0) is 22.0 Å². The first kappa shape index (κ1) is 11.7. The maximum atomic E-state index is 13.5. The minimum absolute atomic E-state index is 0.0453. The molecule has 2 rings (SSSR count). The van der Waals surface area contributed by atoms with Crippen molar-refractivity contribution in [2.75, 3.05) is 11.1 Å². The molecule has 0 atom stereocenters. The molecule has 0 fully saturated rings. The molecule has 0 aliphatic heterocycles. The van der Waals surface area contributed by atoms with E-state index < -0.39 is 11.6 Å². The molecular weight excluding hydrogens is 294 g/mol. The Kier molecular flexibility index (Phi) is 3.19. The normalized spacial score (nSPS) is 10.3. The predicted molar refractivity (Wildman–Crippen MR) is 63.8 cm³/mol. The van der Waals surface area contributed by atoms with Crippen LogP contribution < -0.4 is 11.1 Å². The lowest BCUT2D eigenvalue weighted by molar-refractivity contribution is 0.598. The van der Waals surface area contributed by atoms with Crippen LogP contribution in [0.2, 0.25) is 0 Å². The molecule has 0 aliphatic carbocycles. The van der Waals surface area contributed by atoms with E-state index in [2.05, 4.69) is 31.2 Å². The summed E-state index contributed by atoms with van der Waals surface area (Å²) in [5.74, 6) is -0.974. The molecular formula is C10H7BrF2N4. The van der Waals surface area contributed by atoms with Crippen LogP contribution in [0.25, 0.3) is 0 Å². The molecule has 1 aromatic carbocycles. The number of nitrogens with zero attached hydrogens (tertiary/aromatic N) is 2. The topological polar surface area (TPSA) is 63.8 Å². The lowest BCUT2D eigenvalue weighted by Gasteiger charge is -2.09. The van der Waals surface area contributed by atoms with Gasteiger partial charge in [0.15, 0.2) is 5.82 Å². The van der Waals surface area contributed by atoms with Crippen LogP contribution in [0.3, 0.4) is 0 Å². The van der Waals surface area contributed by atoms with Crippen molar-refractivity contribution in [2.24, 2.45) is 0 Å². The molecule has 7 heteroatoms. The van der Waals surface area contributed by atoms with Crippen LogP contribution in [-0.4, -0.2) is 9.97 Å². The number of benzene rings is 1. The Labute approximate surface area is 104 Å². The summed E-state index contributed by atoms with van der Waals surface area (Å²) in [6.07, 6.45) is 2.62. The Balaban J connectivity index is 2.37. The van der Waals surface area contributed by atoms with Gasteiger partial charge in [0.05, 0.1) is 22.0 Å². The van der Waals surface area contributed by atoms with Crippen LogP contribution in [0.5, 0.6) is 0 Å². The maximum Gasteiger partial charge on any atom is 0.157 e. The molecule has 1 heterocycles. The zero-order chi connectivity index (χ0) is 12.4. The molecule has 0 radical (unpaired) electrons. The van der Waals surface area contributed by atoms with Crippen LogP contribution in [0.1, 0.15) is 0 Å². The zero-order valence-corrected chi connectivity index (χ0v) is 10.0. The fraction of sp³-hybridized carbons (Fsp3) is 0. The van der Waals surface area contributed by atoms with Gasteiger partial charge in [0, 0.05) is 6.07 Å². The van der Waals surface area contributed by atoms with Crippen molar-refractivity contribution in [3.63, 3.8) is 0 Å². The Morgan fingerprint density at radius 1 is 1.24 bits per heavy atom. The number of hydrogen-bond donors (Lipinski definition) is 2. The lowest BCUT2D eigenvalue weighted by Crippen LogP contribution is -2.01. The fourth-order valence-corrected chi connectivity index (χ4v) is 1.51. The summed E-state index contributed by atoms with van der Waals surface area (Å²) in [6, 6.07) is 2.04. The summed E-state index contributed by atoms with van der Waals surface area (Å²) in [7, 11) is 0. The molecule has 0 bridgehead atoms. The maximum absolute atomic E-state index is 13.5. The second-order valence-corrected chi connectivity index (χ2v) is 4.05. The van der Waals surface area contributed by atoms with Gasteiger partial charge in [-0.1, -0.05) is 0 Å². The molecule has 4 nitrogen and oxygen atoms in total. The highest BCUT2D eigenvalue weighted by Crippen LogP contribution is 2.26. The smallest absolute Gasteiger partial charge is 0.157 e. The van der Waals surface area contributed by atoms with E-state index in [0.29, 0.717) is 0 Å². The summed E-state index contributed by atoms with van der Waals surface area (Å²) < 4.78 is 26.8. The average molecular weight is 301 g/mol. The first-order valence-corrected chi connectivity index (χ1v) is 5.34. The van der Waals surface area contributed by atoms with E-state index in [1.165, 1.54) is 12.5 Å². The van der Waals surface area contributed by atoms with Crippen molar-refractivity contribution in [1.82, 2.24) is 9.97 Å². The van der Waals surface area contributed by atoms with Gasteiger partial charge in [-0.3, -0.25) is 0 Å². The van der Waals surface area contributed by atoms with Crippen molar-refractivity contribution >= 4 is 33.1 Å². The molecule has 0 unspecified atom stereocenters. The standard InChI is InChI=1S/C10H7BrF2N4/c11-5-1-7(13)9(2-6(5)12)17-10-8(14)3-15-4-16-10/h1-4H,14H2,(H,15,16,17). The zero-order valence-electron chi connectivity index (χ0n) is 8.42. The van der Waals surface area contributed by atoms with Crippen LogP contribution in [-0.2, 0) is 0 Å².